The van der Waals surface area contributed by atoms with Gasteiger partial charge >= 0.3 is 0 Å². The molecule has 18 heavy (non-hydrogen) atoms. The van der Waals surface area contributed by atoms with Crippen molar-refractivity contribution >= 4 is 11.6 Å². The molecule has 1 saturated heterocycles. The lowest BCUT2D eigenvalue weighted by atomic mass is 10.0. The van der Waals surface area contributed by atoms with Crippen LogP contribution in [0.25, 0.3) is 0 Å². The smallest absolute Gasteiger partial charge is 0.227 e. The minimum atomic E-state index is 0.216. The van der Waals surface area contributed by atoms with Gasteiger partial charge in [0.1, 0.15) is 0 Å². The molecule has 0 saturated carbocycles. The third kappa shape index (κ3) is 3.10. The summed E-state index contributed by atoms with van der Waals surface area (Å²) in [5, 5.41) is 3.30. The lowest BCUT2D eigenvalue weighted by molar-refractivity contribution is -0.119. The Morgan fingerprint density at radius 1 is 1.39 bits per heavy atom. The maximum Gasteiger partial charge on any atom is 0.227 e. The third-order valence-electron chi connectivity index (χ3n) is 3.73. The average Bonchev–Trinajstić information content (AvgIpc) is 2.91. The molecular formula is C15H22N2O. The minimum Gasteiger partial charge on any atom is -0.316 e. The molecule has 1 unspecified atom stereocenters. The first-order valence-corrected chi connectivity index (χ1v) is 6.77. The van der Waals surface area contributed by atoms with Crippen molar-refractivity contribution in [2.24, 2.45) is 5.92 Å². The molecular weight excluding hydrogens is 224 g/mol. The van der Waals surface area contributed by atoms with Crippen molar-refractivity contribution in [3.05, 3.63) is 29.8 Å². The zero-order valence-electron chi connectivity index (χ0n) is 11.3. The van der Waals surface area contributed by atoms with Crippen LogP contribution in [-0.4, -0.2) is 26.0 Å². The monoisotopic (exact) mass is 246 g/mol. The zero-order chi connectivity index (χ0) is 13.0. The van der Waals surface area contributed by atoms with E-state index in [4.69, 9.17) is 0 Å². The Morgan fingerprint density at radius 3 is 2.67 bits per heavy atom. The van der Waals surface area contributed by atoms with Gasteiger partial charge in [0, 0.05) is 19.2 Å². The van der Waals surface area contributed by atoms with Crippen molar-refractivity contribution in [2.75, 3.05) is 25.0 Å². The van der Waals surface area contributed by atoms with E-state index in [1.54, 1.807) is 4.90 Å². The SMILES string of the molecule is CCc1ccc(N(C)C(=O)CC2CCNC2)cc1. The van der Waals surface area contributed by atoms with Gasteiger partial charge < -0.3 is 10.2 Å². The lowest BCUT2D eigenvalue weighted by Gasteiger charge is -2.19. The standard InChI is InChI=1S/C15H22N2O/c1-3-12-4-6-14(7-5-12)17(2)15(18)10-13-8-9-16-11-13/h4-7,13,16H,3,8-11H2,1-2H3. The van der Waals surface area contributed by atoms with Crippen LogP contribution >= 0.6 is 0 Å². The van der Waals surface area contributed by atoms with Crippen LogP contribution in [-0.2, 0) is 11.2 Å². The van der Waals surface area contributed by atoms with Gasteiger partial charge in [0.15, 0.2) is 0 Å². The number of hydrogen-bond donors (Lipinski definition) is 1. The number of hydrogen-bond acceptors (Lipinski definition) is 2. The van der Waals surface area contributed by atoms with Crippen LogP contribution in [0.1, 0.15) is 25.3 Å². The first kappa shape index (κ1) is 13.1. The van der Waals surface area contributed by atoms with E-state index in [2.05, 4.69) is 24.4 Å². The second kappa shape index (κ2) is 6.01. The Labute approximate surface area is 109 Å². The Bertz CT molecular complexity index is 393. The summed E-state index contributed by atoms with van der Waals surface area (Å²) in [5.74, 6) is 0.725. The maximum absolute atomic E-state index is 12.2. The van der Waals surface area contributed by atoms with E-state index < -0.39 is 0 Å². The summed E-state index contributed by atoms with van der Waals surface area (Å²) >= 11 is 0. The van der Waals surface area contributed by atoms with Gasteiger partial charge in [0.2, 0.25) is 5.91 Å². The normalized spacial score (nSPS) is 18.9. The summed E-state index contributed by atoms with van der Waals surface area (Å²) in [5.41, 5.74) is 2.29. The van der Waals surface area contributed by atoms with E-state index in [-0.39, 0.29) is 5.91 Å². The van der Waals surface area contributed by atoms with Crippen LogP contribution < -0.4 is 10.2 Å². The van der Waals surface area contributed by atoms with Gasteiger partial charge in [-0.15, -0.1) is 0 Å². The summed E-state index contributed by atoms with van der Waals surface area (Å²) in [6.45, 7) is 4.16. The fourth-order valence-electron chi connectivity index (χ4n) is 2.37. The fourth-order valence-corrected chi connectivity index (χ4v) is 2.37. The Balaban J connectivity index is 1.95. The largest absolute Gasteiger partial charge is 0.316 e. The number of nitrogens with zero attached hydrogens (tertiary/aromatic N) is 1. The molecule has 3 heteroatoms. The number of nitrogens with one attached hydrogen (secondary N) is 1. The number of carbonyl (C=O) groups is 1. The molecule has 0 aromatic heterocycles. The summed E-state index contributed by atoms with van der Waals surface area (Å²) in [4.78, 5) is 13.9. The fraction of sp³-hybridized carbons (Fsp3) is 0.533. The van der Waals surface area contributed by atoms with E-state index in [0.29, 0.717) is 12.3 Å². The second-order valence-electron chi connectivity index (χ2n) is 5.04. The molecule has 1 aliphatic heterocycles. The topological polar surface area (TPSA) is 32.3 Å². The van der Waals surface area contributed by atoms with E-state index in [9.17, 15) is 4.79 Å². The van der Waals surface area contributed by atoms with E-state index in [0.717, 1.165) is 31.6 Å². The molecule has 0 aliphatic carbocycles. The minimum absolute atomic E-state index is 0.216. The summed E-state index contributed by atoms with van der Waals surface area (Å²) in [7, 11) is 1.87. The highest BCUT2D eigenvalue weighted by Crippen LogP contribution is 2.18. The van der Waals surface area contributed by atoms with Gasteiger partial charge in [-0.2, -0.15) is 0 Å². The van der Waals surface area contributed by atoms with Crippen molar-refractivity contribution < 1.29 is 4.79 Å². The molecule has 1 atom stereocenters. The molecule has 0 radical (unpaired) electrons. The Hall–Kier alpha value is -1.35. The Morgan fingerprint density at radius 2 is 2.11 bits per heavy atom. The van der Waals surface area contributed by atoms with Crippen molar-refractivity contribution in [2.45, 2.75) is 26.2 Å². The number of aryl methyl sites for hydroxylation is 1. The first-order valence-electron chi connectivity index (χ1n) is 6.77. The summed E-state index contributed by atoms with van der Waals surface area (Å²) in [6, 6.07) is 8.25. The third-order valence-corrected chi connectivity index (χ3v) is 3.73. The summed E-state index contributed by atoms with van der Waals surface area (Å²) < 4.78 is 0. The van der Waals surface area contributed by atoms with Crippen molar-refractivity contribution in [3.63, 3.8) is 0 Å². The molecule has 1 heterocycles. The highest BCUT2D eigenvalue weighted by Gasteiger charge is 2.20. The van der Waals surface area contributed by atoms with Gasteiger partial charge in [-0.1, -0.05) is 19.1 Å². The quantitative estimate of drug-likeness (QED) is 0.883. The molecule has 0 bridgehead atoms. The molecule has 1 fully saturated rings. The highest BCUT2D eigenvalue weighted by molar-refractivity contribution is 5.92. The molecule has 3 nitrogen and oxygen atoms in total. The van der Waals surface area contributed by atoms with Crippen LogP contribution in [0.2, 0.25) is 0 Å². The highest BCUT2D eigenvalue weighted by atomic mass is 16.2. The van der Waals surface area contributed by atoms with Crippen LogP contribution in [0.4, 0.5) is 5.69 Å². The van der Waals surface area contributed by atoms with E-state index in [1.807, 2.05) is 19.2 Å². The van der Waals surface area contributed by atoms with Gasteiger partial charge in [0.25, 0.3) is 0 Å². The molecule has 2 rings (SSSR count). The molecule has 1 N–H and O–H groups in total. The maximum atomic E-state index is 12.2. The average molecular weight is 246 g/mol. The molecule has 1 amide bonds. The molecule has 1 aliphatic rings. The molecule has 1 aromatic carbocycles. The van der Waals surface area contributed by atoms with Crippen molar-refractivity contribution in [3.8, 4) is 0 Å². The van der Waals surface area contributed by atoms with Crippen LogP contribution in [0.3, 0.4) is 0 Å². The number of benzene rings is 1. The van der Waals surface area contributed by atoms with Crippen LogP contribution in [0.5, 0.6) is 0 Å². The molecule has 0 spiro atoms. The number of rotatable bonds is 4. The van der Waals surface area contributed by atoms with Gasteiger partial charge in [-0.25, -0.2) is 0 Å². The number of amides is 1. The zero-order valence-corrected chi connectivity index (χ0v) is 11.3. The predicted molar refractivity (Wildman–Crippen MR) is 74.8 cm³/mol. The number of carbonyl (C=O) groups excluding carboxylic acids is 1. The second-order valence-corrected chi connectivity index (χ2v) is 5.04. The Kier molecular flexibility index (Phi) is 4.37. The van der Waals surface area contributed by atoms with E-state index >= 15 is 0 Å². The first-order chi connectivity index (χ1) is 8.70. The van der Waals surface area contributed by atoms with Crippen molar-refractivity contribution in [1.29, 1.82) is 0 Å². The molecule has 98 valence electrons. The van der Waals surface area contributed by atoms with Crippen LogP contribution in [0, 0.1) is 5.92 Å². The van der Waals surface area contributed by atoms with Gasteiger partial charge in [-0.05, 0) is 49.5 Å². The van der Waals surface area contributed by atoms with Gasteiger partial charge in [-0.3, -0.25) is 4.79 Å². The van der Waals surface area contributed by atoms with Gasteiger partial charge in [0.05, 0.1) is 0 Å². The lowest BCUT2D eigenvalue weighted by Crippen LogP contribution is -2.28. The van der Waals surface area contributed by atoms with Crippen molar-refractivity contribution in [1.82, 2.24) is 5.32 Å². The molecule has 1 aromatic rings. The number of anilines is 1. The van der Waals surface area contributed by atoms with Crippen LogP contribution in [0.15, 0.2) is 24.3 Å². The predicted octanol–water partition coefficient (Wildman–Crippen LogP) is 2.21. The summed E-state index contributed by atoms with van der Waals surface area (Å²) in [6.07, 6.45) is 2.80. The van der Waals surface area contributed by atoms with E-state index in [1.165, 1.54) is 5.56 Å².